The minimum absolute atomic E-state index is 0.0155. The van der Waals surface area contributed by atoms with Crippen LogP contribution in [0.2, 0.25) is 0 Å². The first-order valence-corrected chi connectivity index (χ1v) is 7.73. The smallest absolute Gasteiger partial charge is 0.127 e. The van der Waals surface area contributed by atoms with Crippen LogP contribution in [0.4, 0.5) is 0 Å². The molecule has 1 aliphatic carbocycles. The molecule has 2 rings (SSSR count). The second kappa shape index (κ2) is 5.73. The van der Waals surface area contributed by atoms with E-state index in [0.717, 1.165) is 37.1 Å². The van der Waals surface area contributed by atoms with Crippen LogP contribution in [-0.4, -0.2) is 30.8 Å². The summed E-state index contributed by atoms with van der Waals surface area (Å²) in [6.45, 7) is 10.4. The van der Waals surface area contributed by atoms with Crippen molar-refractivity contribution in [3.8, 4) is 0 Å². The van der Waals surface area contributed by atoms with Crippen molar-refractivity contribution in [2.45, 2.75) is 52.9 Å². The molecule has 18 heavy (non-hydrogen) atoms. The standard InChI is InChI=1S/C16H29NO/c1-13(2)15-6-9-17(10-15)11-16(12-18)7-4-14(3)5-8-16/h12-15H,4-11H2,1-3H3. The summed E-state index contributed by atoms with van der Waals surface area (Å²) >= 11 is 0. The maximum absolute atomic E-state index is 11.6. The zero-order valence-electron chi connectivity index (χ0n) is 12.3. The molecule has 104 valence electrons. The lowest BCUT2D eigenvalue weighted by Gasteiger charge is -2.37. The van der Waals surface area contributed by atoms with Gasteiger partial charge >= 0.3 is 0 Å². The molecule has 2 nitrogen and oxygen atoms in total. The first kappa shape index (κ1) is 14.0. The summed E-state index contributed by atoms with van der Waals surface area (Å²) in [5.41, 5.74) is -0.0155. The summed E-state index contributed by atoms with van der Waals surface area (Å²) in [7, 11) is 0. The maximum Gasteiger partial charge on any atom is 0.127 e. The lowest BCUT2D eigenvalue weighted by atomic mass is 9.71. The summed E-state index contributed by atoms with van der Waals surface area (Å²) in [6.07, 6.45) is 7.30. The fourth-order valence-corrected chi connectivity index (χ4v) is 3.65. The zero-order chi connectivity index (χ0) is 13.2. The van der Waals surface area contributed by atoms with Gasteiger partial charge < -0.3 is 9.69 Å². The number of nitrogens with zero attached hydrogens (tertiary/aromatic N) is 1. The molecule has 0 radical (unpaired) electrons. The van der Waals surface area contributed by atoms with Gasteiger partial charge in [-0.3, -0.25) is 0 Å². The first-order valence-electron chi connectivity index (χ1n) is 7.73. The Morgan fingerprint density at radius 3 is 2.44 bits per heavy atom. The van der Waals surface area contributed by atoms with Gasteiger partial charge in [0.1, 0.15) is 6.29 Å². The minimum Gasteiger partial charge on any atom is -0.303 e. The fraction of sp³-hybridized carbons (Fsp3) is 0.938. The lowest BCUT2D eigenvalue weighted by Crippen LogP contribution is -2.40. The Morgan fingerprint density at radius 1 is 1.28 bits per heavy atom. The molecule has 0 aromatic rings. The number of likely N-dealkylation sites (tertiary alicyclic amines) is 1. The number of carbonyl (C=O) groups is 1. The van der Waals surface area contributed by atoms with Crippen LogP contribution in [0.25, 0.3) is 0 Å². The van der Waals surface area contributed by atoms with Crippen molar-refractivity contribution >= 4 is 6.29 Å². The van der Waals surface area contributed by atoms with Crippen LogP contribution >= 0.6 is 0 Å². The summed E-state index contributed by atoms with van der Waals surface area (Å²) in [6, 6.07) is 0. The number of hydrogen-bond donors (Lipinski definition) is 0. The number of aldehydes is 1. The monoisotopic (exact) mass is 251 g/mol. The Bertz CT molecular complexity index is 279. The molecular weight excluding hydrogens is 222 g/mol. The molecule has 1 unspecified atom stereocenters. The van der Waals surface area contributed by atoms with E-state index in [2.05, 4.69) is 25.7 Å². The highest BCUT2D eigenvalue weighted by Crippen LogP contribution is 2.39. The average Bonchev–Trinajstić information content (AvgIpc) is 2.81. The third-order valence-electron chi connectivity index (χ3n) is 5.31. The number of hydrogen-bond acceptors (Lipinski definition) is 2. The van der Waals surface area contributed by atoms with Crippen LogP contribution in [0.3, 0.4) is 0 Å². The molecular formula is C16H29NO. The van der Waals surface area contributed by atoms with Crippen molar-refractivity contribution in [3.05, 3.63) is 0 Å². The average molecular weight is 251 g/mol. The van der Waals surface area contributed by atoms with Crippen molar-refractivity contribution in [2.24, 2.45) is 23.2 Å². The lowest BCUT2D eigenvalue weighted by molar-refractivity contribution is -0.119. The molecule has 0 N–H and O–H groups in total. The van der Waals surface area contributed by atoms with E-state index in [4.69, 9.17) is 0 Å². The van der Waals surface area contributed by atoms with E-state index in [1.807, 2.05) is 0 Å². The number of rotatable bonds is 4. The highest BCUT2D eigenvalue weighted by atomic mass is 16.1. The summed E-state index contributed by atoms with van der Waals surface area (Å²) in [5, 5.41) is 0. The zero-order valence-corrected chi connectivity index (χ0v) is 12.3. The highest BCUT2D eigenvalue weighted by molar-refractivity contribution is 5.60. The highest BCUT2D eigenvalue weighted by Gasteiger charge is 2.37. The van der Waals surface area contributed by atoms with Crippen LogP contribution in [0.5, 0.6) is 0 Å². The first-order chi connectivity index (χ1) is 8.54. The molecule has 2 aliphatic rings. The van der Waals surface area contributed by atoms with Gasteiger partial charge in [-0.25, -0.2) is 0 Å². The molecule has 1 atom stereocenters. The van der Waals surface area contributed by atoms with E-state index in [1.165, 1.54) is 38.6 Å². The topological polar surface area (TPSA) is 20.3 Å². The van der Waals surface area contributed by atoms with Gasteiger partial charge in [0, 0.05) is 18.5 Å². The van der Waals surface area contributed by atoms with E-state index in [1.54, 1.807) is 0 Å². The molecule has 0 aromatic heterocycles. The van der Waals surface area contributed by atoms with Gasteiger partial charge in [0.25, 0.3) is 0 Å². The Labute approximate surface area is 112 Å². The molecule has 1 saturated heterocycles. The predicted octanol–water partition coefficient (Wildman–Crippen LogP) is 3.36. The second-order valence-corrected chi connectivity index (χ2v) is 7.19. The minimum atomic E-state index is -0.0155. The normalized spacial score (nSPS) is 38.2. The Hall–Kier alpha value is -0.370. The largest absolute Gasteiger partial charge is 0.303 e. The van der Waals surface area contributed by atoms with E-state index >= 15 is 0 Å². The molecule has 1 saturated carbocycles. The van der Waals surface area contributed by atoms with Crippen LogP contribution in [0.15, 0.2) is 0 Å². The molecule has 2 heteroatoms. The van der Waals surface area contributed by atoms with Crippen molar-refractivity contribution < 1.29 is 4.79 Å². The van der Waals surface area contributed by atoms with Gasteiger partial charge in [0.15, 0.2) is 0 Å². The van der Waals surface area contributed by atoms with Gasteiger partial charge in [-0.15, -0.1) is 0 Å². The van der Waals surface area contributed by atoms with E-state index in [-0.39, 0.29) is 5.41 Å². The third kappa shape index (κ3) is 3.14. The van der Waals surface area contributed by atoms with E-state index < -0.39 is 0 Å². The summed E-state index contributed by atoms with van der Waals surface area (Å²) < 4.78 is 0. The molecule has 1 heterocycles. The summed E-state index contributed by atoms with van der Waals surface area (Å²) in [4.78, 5) is 14.1. The van der Waals surface area contributed by atoms with Crippen molar-refractivity contribution in [3.63, 3.8) is 0 Å². The molecule has 0 bridgehead atoms. The predicted molar refractivity (Wildman–Crippen MR) is 75.5 cm³/mol. The van der Waals surface area contributed by atoms with E-state index in [0.29, 0.717) is 0 Å². The third-order valence-corrected chi connectivity index (χ3v) is 5.31. The van der Waals surface area contributed by atoms with Gasteiger partial charge in [-0.05, 0) is 56.4 Å². The van der Waals surface area contributed by atoms with Crippen LogP contribution in [-0.2, 0) is 4.79 Å². The number of carbonyl (C=O) groups excluding carboxylic acids is 1. The Balaban J connectivity index is 1.89. The van der Waals surface area contributed by atoms with Gasteiger partial charge in [0.2, 0.25) is 0 Å². The van der Waals surface area contributed by atoms with Crippen LogP contribution in [0.1, 0.15) is 52.9 Å². The molecule has 2 fully saturated rings. The SMILES string of the molecule is CC1CCC(C=O)(CN2CCC(C(C)C)C2)CC1. The van der Waals surface area contributed by atoms with Gasteiger partial charge in [-0.2, -0.15) is 0 Å². The van der Waals surface area contributed by atoms with Crippen LogP contribution < -0.4 is 0 Å². The summed E-state index contributed by atoms with van der Waals surface area (Å²) in [5.74, 6) is 2.45. The fourth-order valence-electron chi connectivity index (χ4n) is 3.65. The molecule has 1 aliphatic heterocycles. The Kier molecular flexibility index (Phi) is 4.47. The second-order valence-electron chi connectivity index (χ2n) is 7.19. The van der Waals surface area contributed by atoms with Gasteiger partial charge in [0.05, 0.1) is 0 Å². The van der Waals surface area contributed by atoms with Crippen LogP contribution in [0, 0.1) is 23.2 Å². The maximum atomic E-state index is 11.6. The Morgan fingerprint density at radius 2 is 1.94 bits per heavy atom. The van der Waals surface area contributed by atoms with Crippen molar-refractivity contribution in [1.82, 2.24) is 4.90 Å². The van der Waals surface area contributed by atoms with Crippen molar-refractivity contribution in [1.29, 1.82) is 0 Å². The van der Waals surface area contributed by atoms with Gasteiger partial charge in [-0.1, -0.05) is 20.8 Å². The molecule has 0 spiro atoms. The molecule has 0 amide bonds. The van der Waals surface area contributed by atoms with Crippen molar-refractivity contribution in [2.75, 3.05) is 19.6 Å². The molecule has 0 aromatic carbocycles. The van der Waals surface area contributed by atoms with E-state index in [9.17, 15) is 4.79 Å². The quantitative estimate of drug-likeness (QED) is 0.714.